The number of H-pyrrole nitrogens is 2. The number of fused-ring (bicyclic) bond motifs is 2. The fourth-order valence-corrected chi connectivity index (χ4v) is 4.90. The van der Waals surface area contributed by atoms with Crippen molar-refractivity contribution >= 4 is 56.6 Å². The van der Waals surface area contributed by atoms with Crippen molar-refractivity contribution < 1.29 is 4.79 Å². The van der Waals surface area contributed by atoms with Crippen molar-refractivity contribution in [1.82, 2.24) is 35.1 Å². The summed E-state index contributed by atoms with van der Waals surface area (Å²) in [6.07, 6.45) is 6.85. The number of thiophene rings is 1. The number of rotatable bonds is 5. The van der Waals surface area contributed by atoms with Crippen LogP contribution in [0.15, 0.2) is 55.1 Å². The number of carbonyl (C=O) groups is 1. The van der Waals surface area contributed by atoms with E-state index >= 15 is 0 Å². The van der Waals surface area contributed by atoms with Crippen molar-refractivity contribution in [3.05, 3.63) is 59.5 Å². The Bertz CT molecular complexity index is 1750. The number of nitrogens with zero attached hydrogens (tertiary/aromatic N) is 5. The van der Waals surface area contributed by atoms with Gasteiger partial charge in [0.05, 0.1) is 39.1 Å². The number of hydrogen-bond acceptors (Lipinski definition) is 7. The zero-order chi connectivity index (χ0) is 24.8. The van der Waals surface area contributed by atoms with Crippen molar-refractivity contribution in [2.75, 3.05) is 5.32 Å². The van der Waals surface area contributed by atoms with Crippen LogP contribution in [0.25, 0.3) is 55.3 Å². The molecule has 0 atom stereocenters. The average molecular weight is 515 g/mol. The normalized spacial score (nSPS) is 11.6. The van der Waals surface area contributed by atoms with Crippen LogP contribution in [0.3, 0.4) is 0 Å². The maximum Gasteiger partial charge on any atom is 0.226 e. The number of carbonyl (C=O) groups excluding carboxylic acids is 1. The minimum absolute atomic E-state index is 0.0713. The molecule has 9 nitrogen and oxygen atoms in total. The van der Waals surface area contributed by atoms with Gasteiger partial charge in [-0.1, -0.05) is 25.4 Å². The Morgan fingerprint density at radius 3 is 2.67 bits per heavy atom. The van der Waals surface area contributed by atoms with Gasteiger partial charge in [0.2, 0.25) is 5.91 Å². The summed E-state index contributed by atoms with van der Waals surface area (Å²) in [5.41, 5.74) is 6.59. The summed E-state index contributed by atoms with van der Waals surface area (Å²) < 4.78 is 0.704. The standard InChI is InChI=1S/C25H19ClN8OS/c1-12(2)25(35)29-14-7-13(8-27-9-14)16-3-4-17-22(30-16)23(34-33-17)24-31-18-11-28-10-15(21(18)32-24)19-5-6-20(26)36-19/h3-12H,1-2H3,(H,29,35)(H,31,32)(H,33,34). The minimum atomic E-state index is -0.132. The summed E-state index contributed by atoms with van der Waals surface area (Å²) in [5, 5.41) is 10.4. The van der Waals surface area contributed by atoms with Crippen LogP contribution in [0.5, 0.6) is 0 Å². The molecule has 0 aliphatic heterocycles. The summed E-state index contributed by atoms with van der Waals surface area (Å²) in [5.74, 6) is 0.375. The first-order valence-corrected chi connectivity index (χ1v) is 12.4. The molecule has 3 N–H and O–H groups in total. The minimum Gasteiger partial charge on any atom is -0.335 e. The number of anilines is 1. The molecule has 0 unspecified atom stereocenters. The second-order valence-corrected chi connectivity index (χ2v) is 10.3. The molecule has 36 heavy (non-hydrogen) atoms. The second-order valence-electron chi connectivity index (χ2n) is 8.54. The topological polar surface area (TPSA) is 125 Å². The second kappa shape index (κ2) is 8.81. The maximum absolute atomic E-state index is 12.1. The van der Waals surface area contributed by atoms with Gasteiger partial charge in [0.1, 0.15) is 11.0 Å². The molecule has 0 radical (unpaired) electrons. The van der Waals surface area contributed by atoms with Crippen molar-refractivity contribution in [1.29, 1.82) is 0 Å². The van der Waals surface area contributed by atoms with Crippen molar-refractivity contribution in [3.8, 4) is 33.2 Å². The van der Waals surface area contributed by atoms with E-state index in [-0.39, 0.29) is 11.8 Å². The van der Waals surface area contributed by atoms with E-state index in [1.807, 2.05) is 44.2 Å². The number of halogens is 1. The van der Waals surface area contributed by atoms with E-state index in [1.165, 1.54) is 11.3 Å². The van der Waals surface area contributed by atoms with Gasteiger partial charge in [-0.15, -0.1) is 11.3 Å². The van der Waals surface area contributed by atoms with Gasteiger partial charge in [-0.05, 0) is 30.3 Å². The van der Waals surface area contributed by atoms with Crippen molar-refractivity contribution in [2.24, 2.45) is 5.92 Å². The lowest BCUT2D eigenvalue weighted by Crippen LogP contribution is -2.17. The molecule has 6 aromatic rings. The zero-order valence-electron chi connectivity index (χ0n) is 19.2. The largest absolute Gasteiger partial charge is 0.335 e. The van der Waals surface area contributed by atoms with E-state index in [1.54, 1.807) is 24.8 Å². The molecule has 11 heteroatoms. The summed E-state index contributed by atoms with van der Waals surface area (Å²) in [4.78, 5) is 34.7. The van der Waals surface area contributed by atoms with Crippen LogP contribution in [-0.2, 0) is 4.79 Å². The molecule has 6 heterocycles. The molecule has 0 fully saturated rings. The first kappa shape index (κ1) is 22.3. The highest BCUT2D eigenvalue weighted by Crippen LogP contribution is 2.35. The first-order chi connectivity index (χ1) is 17.5. The SMILES string of the molecule is CC(C)C(=O)Nc1cncc(-c2ccc3[nH]nc(-c4nc5c(-c6ccc(Cl)s6)cncc5[nH]4)c3n2)c1. The van der Waals surface area contributed by atoms with E-state index in [0.29, 0.717) is 32.8 Å². The number of hydrogen-bond donors (Lipinski definition) is 3. The summed E-state index contributed by atoms with van der Waals surface area (Å²) in [7, 11) is 0. The predicted molar refractivity (Wildman–Crippen MR) is 142 cm³/mol. The van der Waals surface area contributed by atoms with E-state index < -0.39 is 0 Å². The molecule has 0 saturated heterocycles. The molecule has 0 bridgehead atoms. The number of nitrogens with one attached hydrogen (secondary N) is 3. The third kappa shape index (κ3) is 4.00. The monoisotopic (exact) mass is 514 g/mol. The first-order valence-electron chi connectivity index (χ1n) is 11.2. The number of amides is 1. The average Bonchev–Trinajstić information content (AvgIpc) is 3.61. The summed E-state index contributed by atoms with van der Waals surface area (Å²) in [6.45, 7) is 3.68. The Balaban J connectivity index is 1.41. The molecule has 0 spiro atoms. The highest BCUT2D eigenvalue weighted by molar-refractivity contribution is 7.19. The lowest BCUT2D eigenvalue weighted by Gasteiger charge is -2.08. The Morgan fingerprint density at radius 2 is 1.86 bits per heavy atom. The van der Waals surface area contributed by atoms with Crippen LogP contribution >= 0.6 is 22.9 Å². The van der Waals surface area contributed by atoms with Gasteiger partial charge in [0, 0.05) is 34.3 Å². The smallest absolute Gasteiger partial charge is 0.226 e. The van der Waals surface area contributed by atoms with E-state index in [9.17, 15) is 4.79 Å². The molecule has 6 aromatic heterocycles. The molecule has 0 aliphatic rings. The molecule has 6 rings (SSSR count). The van der Waals surface area contributed by atoms with Gasteiger partial charge in [-0.25, -0.2) is 9.97 Å². The van der Waals surface area contributed by atoms with Crippen LogP contribution in [-0.4, -0.2) is 41.0 Å². The predicted octanol–water partition coefficient (Wildman–Crippen LogP) is 5.93. The third-order valence-corrected chi connectivity index (χ3v) is 6.96. The molecule has 0 aliphatic carbocycles. The Hall–Kier alpha value is -4.15. The number of aromatic amines is 2. The number of imidazole rings is 1. The van der Waals surface area contributed by atoms with Gasteiger partial charge in [0.25, 0.3) is 0 Å². The Morgan fingerprint density at radius 1 is 1.00 bits per heavy atom. The maximum atomic E-state index is 12.1. The van der Waals surface area contributed by atoms with Gasteiger partial charge in [-0.2, -0.15) is 5.10 Å². The molecular formula is C25H19ClN8OS. The van der Waals surface area contributed by atoms with E-state index in [0.717, 1.165) is 32.6 Å². The Kier molecular flexibility index (Phi) is 5.46. The van der Waals surface area contributed by atoms with Crippen LogP contribution < -0.4 is 5.32 Å². The van der Waals surface area contributed by atoms with Crippen molar-refractivity contribution in [3.63, 3.8) is 0 Å². The number of pyridine rings is 3. The van der Waals surface area contributed by atoms with Crippen molar-refractivity contribution in [2.45, 2.75) is 13.8 Å². The fraction of sp³-hybridized carbons (Fsp3) is 0.120. The van der Waals surface area contributed by atoms with Gasteiger partial charge in [0.15, 0.2) is 11.5 Å². The van der Waals surface area contributed by atoms with E-state index in [4.69, 9.17) is 21.6 Å². The highest BCUT2D eigenvalue weighted by atomic mass is 35.5. The molecule has 178 valence electrons. The third-order valence-electron chi connectivity index (χ3n) is 5.69. The quantitative estimate of drug-likeness (QED) is 0.261. The van der Waals surface area contributed by atoms with Gasteiger partial charge in [-0.3, -0.25) is 19.9 Å². The van der Waals surface area contributed by atoms with Crippen LogP contribution in [0.2, 0.25) is 4.34 Å². The molecule has 0 saturated carbocycles. The van der Waals surface area contributed by atoms with E-state index in [2.05, 4.69) is 30.5 Å². The van der Waals surface area contributed by atoms with Crippen LogP contribution in [0, 0.1) is 5.92 Å². The zero-order valence-corrected chi connectivity index (χ0v) is 20.8. The molecule has 0 aromatic carbocycles. The summed E-state index contributed by atoms with van der Waals surface area (Å²) in [6, 6.07) is 9.47. The summed E-state index contributed by atoms with van der Waals surface area (Å²) >= 11 is 7.63. The van der Waals surface area contributed by atoms with Crippen LogP contribution in [0.4, 0.5) is 5.69 Å². The lowest BCUT2D eigenvalue weighted by atomic mass is 10.1. The number of aromatic nitrogens is 7. The molecular weight excluding hydrogens is 496 g/mol. The van der Waals surface area contributed by atoms with Gasteiger partial charge >= 0.3 is 0 Å². The Labute approximate surface area is 214 Å². The fourth-order valence-electron chi connectivity index (χ4n) is 3.84. The van der Waals surface area contributed by atoms with Gasteiger partial charge < -0.3 is 10.3 Å². The lowest BCUT2D eigenvalue weighted by molar-refractivity contribution is -0.118. The molecule has 1 amide bonds. The highest BCUT2D eigenvalue weighted by Gasteiger charge is 2.18. The van der Waals surface area contributed by atoms with Crippen LogP contribution in [0.1, 0.15) is 13.8 Å².